The second-order valence-corrected chi connectivity index (χ2v) is 7.26. The summed E-state index contributed by atoms with van der Waals surface area (Å²) in [6.07, 6.45) is 11.9. The smallest absolute Gasteiger partial charge is 0.219 e. The monoisotopic (exact) mass is 359 g/mol. The highest BCUT2D eigenvalue weighted by Gasteiger charge is 2.14. The minimum absolute atomic E-state index is 0. The molecule has 0 atom stereocenters. The molecule has 1 aromatic heterocycles. The number of carbonyl (C=O) groups excluding carboxylic acids is 1. The zero-order valence-corrected chi connectivity index (χ0v) is 15.6. The Balaban J connectivity index is 0.00000264. The molecule has 0 saturated carbocycles. The Hall–Kier alpha value is -0.650. The van der Waals surface area contributed by atoms with E-state index in [-0.39, 0.29) is 18.3 Å². The third kappa shape index (κ3) is 7.64. The Kier molecular flexibility index (Phi) is 10.5. The van der Waals surface area contributed by atoms with E-state index in [2.05, 4.69) is 5.32 Å². The molecular weight excluding hydrogens is 330 g/mol. The Bertz CT molecular complexity index is 441. The van der Waals surface area contributed by atoms with Crippen molar-refractivity contribution in [2.24, 2.45) is 5.73 Å². The van der Waals surface area contributed by atoms with Crippen molar-refractivity contribution in [1.29, 1.82) is 0 Å². The van der Waals surface area contributed by atoms with E-state index in [1.807, 2.05) is 11.3 Å². The summed E-state index contributed by atoms with van der Waals surface area (Å²) in [4.78, 5) is 17.9. The second kappa shape index (κ2) is 11.8. The number of aromatic nitrogens is 1. The molecule has 0 unspecified atom stereocenters. The molecule has 2 rings (SSSR count). The maximum absolute atomic E-state index is 11.7. The summed E-state index contributed by atoms with van der Waals surface area (Å²) < 4.78 is 0. The van der Waals surface area contributed by atoms with E-state index in [0.717, 1.165) is 58.0 Å². The lowest BCUT2D eigenvalue weighted by Crippen LogP contribution is -2.24. The van der Waals surface area contributed by atoms with E-state index < -0.39 is 0 Å². The number of nitrogens with two attached hydrogens (primary N) is 1. The first-order valence-corrected chi connectivity index (χ1v) is 9.55. The minimum atomic E-state index is 0. The number of amides is 1. The molecule has 1 aliphatic carbocycles. The van der Waals surface area contributed by atoms with Crippen LogP contribution in [0.3, 0.4) is 0 Å². The molecule has 1 aliphatic rings. The molecule has 0 bridgehead atoms. The predicted molar refractivity (Wildman–Crippen MR) is 99.5 cm³/mol. The van der Waals surface area contributed by atoms with Crippen LogP contribution in [0.15, 0.2) is 0 Å². The van der Waals surface area contributed by atoms with Gasteiger partial charge in [-0.15, -0.1) is 23.7 Å². The summed E-state index contributed by atoms with van der Waals surface area (Å²) in [6.45, 7) is 1.53. The van der Waals surface area contributed by atoms with Gasteiger partial charge in [-0.2, -0.15) is 0 Å². The molecular formula is C17H30ClN3OS. The van der Waals surface area contributed by atoms with Crippen LogP contribution in [-0.4, -0.2) is 24.0 Å². The largest absolute Gasteiger partial charge is 0.356 e. The average Bonchev–Trinajstić information content (AvgIpc) is 2.94. The van der Waals surface area contributed by atoms with E-state index in [1.54, 1.807) is 0 Å². The van der Waals surface area contributed by atoms with Crippen LogP contribution in [0.25, 0.3) is 0 Å². The molecule has 0 saturated heterocycles. The first-order valence-electron chi connectivity index (χ1n) is 8.74. The summed E-state index contributed by atoms with van der Waals surface area (Å²) in [5.74, 6) is 0.186. The number of rotatable bonds is 10. The van der Waals surface area contributed by atoms with Crippen molar-refractivity contribution in [1.82, 2.24) is 10.3 Å². The van der Waals surface area contributed by atoms with Gasteiger partial charge in [0.2, 0.25) is 5.91 Å². The van der Waals surface area contributed by atoms with Crippen LogP contribution in [0.5, 0.6) is 0 Å². The van der Waals surface area contributed by atoms with Crippen LogP contribution < -0.4 is 11.1 Å². The number of hydrogen-bond acceptors (Lipinski definition) is 4. The van der Waals surface area contributed by atoms with Crippen molar-refractivity contribution >= 4 is 29.7 Å². The molecule has 0 radical (unpaired) electrons. The van der Waals surface area contributed by atoms with Crippen molar-refractivity contribution in [2.75, 3.05) is 13.1 Å². The normalized spacial score (nSPS) is 13.3. The summed E-state index contributed by atoms with van der Waals surface area (Å²) >= 11 is 1.88. The minimum Gasteiger partial charge on any atom is -0.356 e. The maximum Gasteiger partial charge on any atom is 0.219 e. The molecule has 0 spiro atoms. The first-order chi connectivity index (χ1) is 10.8. The van der Waals surface area contributed by atoms with E-state index in [1.165, 1.54) is 34.8 Å². The number of halogens is 1. The number of nitrogens with one attached hydrogen (secondary N) is 1. The van der Waals surface area contributed by atoms with Crippen LogP contribution >= 0.6 is 23.7 Å². The zero-order valence-electron chi connectivity index (χ0n) is 13.9. The summed E-state index contributed by atoms with van der Waals surface area (Å²) in [6, 6.07) is 0. The molecule has 3 N–H and O–H groups in total. The molecule has 0 aromatic carbocycles. The number of fused-ring (bicyclic) bond motifs is 1. The van der Waals surface area contributed by atoms with Crippen LogP contribution in [0.4, 0.5) is 0 Å². The quantitative estimate of drug-likeness (QED) is 0.629. The van der Waals surface area contributed by atoms with Crippen LogP contribution in [0, 0.1) is 0 Å². The van der Waals surface area contributed by atoms with Gasteiger partial charge in [0, 0.05) is 24.3 Å². The van der Waals surface area contributed by atoms with E-state index in [4.69, 9.17) is 10.7 Å². The van der Waals surface area contributed by atoms with Gasteiger partial charge >= 0.3 is 0 Å². The van der Waals surface area contributed by atoms with Gasteiger partial charge in [0.05, 0.1) is 10.7 Å². The van der Waals surface area contributed by atoms with Crippen LogP contribution in [0.2, 0.25) is 0 Å². The van der Waals surface area contributed by atoms with Gasteiger partial charge < -0.3 is 11.1 Å². The number of unbranched alkanes of at least 4 members (excludes halogenated alkanes) is 3. The van der Waals surface area contributed by atoms with E-state index in [0.29, 0.717) is 6.42 Å². The third-order valence-corrected chi connectivity index (χ3v) is 5.35. The first kappa shape index (κ1) is 20.4. The molecule has 1 amide bonds. The van der Waals surface area contributed by atoms with Gasteiger partial charge in [0.15, 0.2) is 0 Å². The summed E-state index contributed by atoms with van der Waals surface area (Å²) in [5, 5.41) is 4.27. The van der Waals surface area contributed by atoms with Gasteiger partial charge in [0.1, 0.15) is 0 Å². The Morgan fingerprint density at radius 1 is 1.13 bits per heavy atom. The number of carbonyl (C=O) groups is 1. The van der Waals surface area contributed by atoms with Gasteiger partial charge in [0.25, 0.3) is 0 Å². The third-order valence-electron chi connectivity index (χ3n) is 4.14. The predicted octanol–water partition coefficient (Wildman–Crippen LogP) is 3.40. The molecule has 1 aromatic rings. The number of nitrogens with zero attached hydrogens (tertiary/aromatic N) is 1. The van der Waals surface area contributed by atoms with Crippen molar-refractivity contribution in [3.63, 3.8) is 0 Å². The molecule has 0 fully saturated rings. The molecule has 0 aliphatic heterocycles. The molecule has 4 nitrogen and oxygen atoms in total. The van der Waals surface area contributed by atoms with Gasteiger partial charge in [-0.25, -0.2) is 4.98 Å². The van der Waals surface area contributed by atoms with E-state index >= 15 is 0 Å². The summed E-state index contributed by atoms with van der Waals surface area (Å²) in [7, 11) is 0. The molecule has 1 heterocycles. The zero-order chi connectivity index (χ0) is 15.6. The fourth-order valence-electron chi connectivity index (χ4n) is 2.85. The Labute approximate surface area is 150 Å². The SMILES string of the molecule is Cl.NCCCCCCC(=O)NCCCc1nc2c(s1)CCCC2. The van der Waals surface area contributed by atoms with Crippen molar-refractivity contribution < 1.29 is 4.79 Å². The summed E-state index contributed by atoms with van der Waals surface area (Å²) in [5.41, 5.74) is 6.79. The Morgan fingerprint density at radius 2 is 1.91 bits per heavy atom. The van der Waals surface area contributed by atoms with Crippen LogP contribution in [-0.2, 0) is 24.1 Å². The number of thiazole rings is 1. The highest BCUT2D eigenvalue weighted by molar-refractivity contribution is 7.11. The topological polar surface area (TPSA) is 68.0 Å². The standard InChI is InChI=1S/C17H29N3OS.ClH/c18-12-6-2-1-3-10-16(21)19-13-7-11-17-20-14-8-4-5-9-15(14)22-17;/h1-13,18H2,(H,19,21);1H. The fourth-order valence-corrected chi connectivity index (χ4v) is 4.05. The molecule has 23 heavy (non-hydrogen) atoms. The highest BCUT2D eigenvalue weighted by Crippen LogP contribution is 2.27. The van der Waals surface area contributed by atoms with Gasteiger partial charge in [-0.1, -0.05) is 12.8 Å². The molecule has 132 valence electrons. The average molecular weight is 360 g/mol. The lowest BCUT2D eigenvalue weighted by Gasteiger charge is -2.06. The lowest BCUT2D eigenvalue weighted by atomic mass is 10.0. The maximum atomic E-state index is 11.7. The molecule has 6 heteroatoms. The second-order valence-electron chi connectivity index (χ2n) is 6.09. The van der Waals surface area contributed by atoms with Crippen molar-refractivity contribution in [2.45, 2.75) is 70.6 Å². The van der Waals surface area contributed by atoms with Crippen LogP contribution in [0.1, 0.15) is 66.9 Å². The fraction of sp³-hybridized carbons (Fsp3) is 0.765. The van der Waals surface area contributed by atoms with Gasteiger partial charge in [-0.3, -0.25) is 4.79 Å². The number of aryl methyl sites for hydroxylation is 3. The van der Waals surface area contributed by atoms with Crippen molar-refractivity contribution in [3.05, 3.63) is 15.6 Å². The number of hydrogen-bond donors (Lipinski definition) is 2. The van der Waals surface area contributed by atoms with Gasteiger partial charge in [-0.05, 0) is 51.5 Å². The van der Waals surface area contributed by atoms with E-state index in [9.17, 15) is 4.79 Å². The highest BCUT2D eigenvalue weighted by atomic mass is 35.5. The Morgan fingerprint density at radius 3 is 2.70 bits per heavy atom. The lowest BCUT2D eigenvalue weighted by molar-refractivity contribution is -0.121. The van der Waals surface area contributed by atoms with Crippen molar-refractivity contribution in [3.8, 4) is 0 Å².